The fraction of sp³-hybridized carbons (Fsp3) is 0.286. The summed E-state index contributed by atoms with van der Waals surface area (Å²) in [4.78, 5) is 84.4. The zero-order valence-electron chi connectivity index (χ0n) is 28.3. The summed E-state index contributed by atoms with van der Waals surface area (Å²) in [6, 6.07) is 2.63. The summed E-state index contributed by atoms with van der Waals surface area (Å²) in [7, 11) is 0. The van der Waals surface area contributed by atoms with Gasteiger partial charge in [0.05, 0.1) is 17.6 Å². The maximum atomic E-state index is 13.5. The Balaban J connectivity index is 0.00000378. The minimum absolute atomic E-state index is 0. The Morgan fingerprint density at radius 2 is 1.81 bits per heavy atom. The van der Waals surface area contributed by atoms with Gasteiger partial charge in [-0.25, -0.2) is 4.98 Å². The van der Waals surface area contributed by atoms with E-state index in [9.17, 15) is 39.0 Å². The van der Waals surface area contributed by atoms with Gasteiger partial charge in [-0.15, -0.1) is 33.3 Å². The predicted octanol–water partition coefficient (Wildman–Crippen LogP) is -6.47. The largest absolute Gasteiger partial charge is 1.00 e. The Hall–Kier alpha value is -2.71. The zero-order valence-corrected chi connectivity index (χ0v) is 36.4. The number of thioether (sulfide) groups is 3. The minimum atomic E-state index is -1.89. The standard InChI is InChI=1S/C28H25N7O11S5.2Na/c1-10-32-33-28(50-10)49-8-13-7-47-23-19(22(39)35(23)20(13)24(40)41)31-21(38)18(15-9-48-27(29)30-15)34-46-26(25(42)43)51-14-4-5-16(44-11(2)36)17(6-14)45-12(3)37;;/h4-6,9,19,23,26H,7-8H2,1-3H3,(H2,29,30)(H,31,38)(H,40,41)(H,42,43);;/q;2*+1/p-2/b34-18-;;/t19-,23+,26-;;/m1../s1. The first-order chi connectivity index (χ1) is 24.2. The van der Waals surface area contributed by atoms with E-state index in [1.807, 2.05) is 0 Å². The van der Waals surface area contributed by atoms with Crippen molar-refractivity contribution >= 4 is 104 Å². The van der Waals surface area contributed by atoms with Gasteiger partial charge in [-0.1, -0.05) is 40.0 Å². The summed E-state index contributed by atoms with van der Waals surface area (Å²) in [6.07, 6.45) is 0. The van der Waals surface area contributed by atoms with Crippen LogP contribution < -0.4 is 89.9 Å². The number of aliphatic carboxylic acids is 2. The van der Waals surface area contributed by atoms with E-state index in [-0.39, 0.29) is 104 Å². The number of carboxylic acids is 2. The van der Waals surface area contributed by atoms with Gasteiger partial charge in [0.15, 0.2) is 26.7 Å². The summed E-state index contributed by atoms with van der Waals surface area (Å²) in [6.45, 7) is 4.03. The number of aromatic nitrogens is 3. The molecule has 0 unspecified atom stereocenters. The molecule has 53 heavy (non-hydrogen) atoms. The molecule has 18 nitrogen and oxygen atoms in total. The van der Waals surface area contributed by atoms with Crippen LogP contribution in [0.3, 0.4) is 0 Å². The topological polar surface area (TPSA) is 269 Å². The number of anilines is 1. The third kappa shape index (κ3) is 11.2. The second kappa shape index (κ2) is 19.7. The molecule has 0 radical (unpaired) electrons. The maximum absolute atomic E-state index is 13.5. The van der Waals surface area contributed by atoms with E-state index in [0.717, 1.165) is 35.1 Å². The summed E-state index contributed by atoms with van der Waals surface area (Å²) < 4.78 is 10.7. The van der Waals surface area contributed by atoms with Crippen molar-refractivity contribution in [3.63, 3.8) is 0 Å². The number of hydrogen-bond acceptors (Lipinski definition) is 21. The third-order valence-electron chi connectivity index (χ3n) is 6.48. The van der Waals surface area contributed by atoms with E-state index in [1.54, 1.807) is 6.92 Å². The van der Waals surface area contributed by atoms with Crippen LogP contribution in [0.1, 0.15) is 24.5 Å². The van der Waals surface area contributed by atoms with Crippen molar-refractivity contribution in [3.8, 4) is 11.5 Å². The molecule has 1 fully saturated rings. The number of benzene rings is 1. The van der Waals surface area contributed by atoms with Crippen LogP contribution >= 0.6 is 58.0 Å². The Bertz CT molecular complexity index is 1990. The van der Waals surface area contributed by atoms with Crippen molar-refractivity contribution in [1.82, 2.24) is 25.4 Å². The fourth-order valence-corrected chi connectivity index (χ4v) is 9.05. The van der Waals surface area contributed by atoms with Crippen molar-refractivity contribution in [2.45, 2.75) is 46.9 Å². The molecular weight excluding hydrogens is 817 g/mol. The van der Waals surface area contributed by atoms with Crippen LogP contribution in [-0.4, -0.2) is 89.8 Å². The Morgan fingerprint density at radius 3 is 2.40 bits per heavy atom. The number of nitrogen functional groups attached to an aromatic ring is 1. The number of carbonyl (C=O) groups excluding carboxylic acids is 6. The molecule has 0 aliphatic carbocycles. The quantitative estimate of drug-likeness (QED) is 0.0223. The molecule has 4 heterocycles. The zero-order chi connectivity index (χ0) is 37.0. The van der Waals surface area contributed by atoms with E-state index in [4.69, 9.17) is 20.0 Å². The number of thiazole rings is 1. The SMILES string of the molecule is CC(=O)Oc1ccc(S[C@@H](O/N=C(\C(=O)N[C@@H]2C(=O)N3C(C(=O)[O-])=C(CSc4nnc(C)s4)CS[C@@H]23)c2csc(N)n2)C(=O)[O-])cc1OC(C)=O.[Na+].[Na+]. The van der Waals surface area contributed by atoms with Gasteiger partial charge >= 0.3 is 71.1 Å². The number of carboxylic acid groups (broad SMARTS) is 2. The Labute approximate surface area is 365 Å². The van der Waals surface area contributed by atoms with E-state index < -0.39 is 58.3 Å². The number of β-lactam (4-membered cyclic amide) rings is 1. The number of amides is 2. The number of nitrogens with two attached hydrogens (primary N) is 1. The number of ether oxygens (including phenoxy) is 2. The number of carbonyl (C=O) groups is 6. The van der Waals surface area contributed by atoms with E-state index >= 15 is 0 Å². The molecule has 0 bridgehead atoms. The number of rotatable bonds is 14. The first-order valence-corrected chi connectivity index (χ1v) is 18.8. The van der Waals surface area contributed by atoms with Crippen LogP contribution in [0.25, 0.3) is 0 Å². The van der Waals surface area contributed by atoms with Crippen molar-refractivity contribution in [2.75, 3.05) is 17.2 Å². The molecule has 0 spiro atoms. The van der Waals surface area contributed by atoms with Crippen molar-refractivity contribution in [3.05, 3.63) is 45.6 Å². The molecule has 5 rings (SSSR count). The van der Waals surface area contributed by atoms with E-state index in [2.05, 4.69) is 25.7 Å². The number of nitrogens with one attached hydrogen (secondary N) is 1. The van der Waals surface area contributed by atoms with Crippen molar-refractivity contribution < 1.29 is 112 Å². The molecule has 2 aromatic heterocycles. The van der Waals surface area contributed by atoms with E-state index in [1.165, 1.54) is 58.4 Å². The number of fused-ring (bicyclic) bond motifs is 1. The monoisotopic (exact) mass is 839 g/mol. The Morgan fingerprint density at radius 1 is 1.11 bits per heavy atom. The van der Waals surface area contributed by atoms with Gasteiger partial charge < -0.3 is 45.2 Å². The summed E-state index contributed by atoms with van der Waals surface area (Å²) in [5.74, 6) is -6.34. The van der Waals surface area contributed by atoms with Gasteiger partial charge in [-0.05, 0) is 30.7 Å². The molecule has 0 saturated carbocycles. The van der Waals surface area contributed by atoms with Crippen LogP contribution in [0.5, 0.6) is 11.5 Å². The molecule has 25 heteroatoms. The van der Waals surface area contributed by atoms with Crippen LogP contribution in [0.4, 0.5) is 5.13 Å². The molecule has 268 valence electrons. The molecule has 2 amide bonds. The molecule has 3 atom stereocenters. The summed E-state index contributed by atoms with van der Waals surface area (Å²) in [5.41, 5.74) is 3.34. The number of oxime groups is 1. The van der Waals surface area contributed by atoms with Gasteiger partial charge in [-0.3, -0.25) is 24.1 Å². The van der Waals surface area contributed by atoms with Crippen molar-refractivity contribution in [1.29, 1.82) is 0 Å². The average molecular weight is 840 g/mol. The van der Waals surface area contributed by atoms with Gasteiger partial charge in [0.2, 0.25) is 5.44 Å². The molecule has 3 N–H and O–H groups in total. The molecule has 2 aliphatic heterocycles. The third-order valence-corrected chi connectivity index (χ3v) is 11.6. The predicted molar refractivity (Wildman–Crippen MR) is 180 cm³/mol. The van der Waals surface area contributed by atoms with Gasteiger partial charge in [0.1, 0.15) is 22.1 Å². The molecule has 1 saturated heterocycles. The van der Waals surface area contributed by atoms with Gasteiger partial charge in [-0.2, -0.15) is 0 Å². The number of hydrogen-bond donors (Lipinski definition) is 2. The fourth-order valence-electron chi connectivity index (χ4n) is 4.45. The first kappa shape index (κ1) is 44.7. The molecule has 2 aliphatic rings. The Kier molecular flexibility index (Phi) is 16.7. The van der Waals surface area contributed by atoms with Crippen LogP contribution in [0, 0.1) is 6.92 Å². The summed E-state index contributed by atoms with van der Waals surface area (Å²) in [5, 5.41) is 39.7. The number of nitrogens with zero attached hydrogens (tertiary/aromatic N) is 5. The first-order valence-electron chi connectivity index (χ1n) is 14.2. The minimum Gasteiger partial charge on any atom is -0.545 e. The molecule has 1 aromatic carbocycles. The van der Waals surface area contributed by atoms with Crippen LogP contribution in [0.15, 0.2) is 49.2 Å². The number of aryl methyl sites for hydroxylation is 1. The second-order valence-corrected chi connectivity index (χ2v) is 15.7. The normalized spacial score (nSPS) is 16.9. The molecular formula is C28H23N7Na2O11S5. The average Bonchev–Trinajstić information content (AvgIpc) is 3.69. The maximum Gasteiger partial charge on any atom is 1.00 e. The second-order valence-electron chi connectivity index (χ2n) is 10.2. The summed E-state index contributed by atoms with van der Waals surface area (Å²) >= 11 is 5.31. The van der Waals surface area contributed by atoms with Crippen molar-refractivity contribution in [2.24, 2.45) is 5.16 Å². The van der Waals surface area contributed by atoms with E-state index in [0.29, 0.717) is 21.7 Å². The van der Waals surface area contributed by atoms with Gasteiger partial charge in [0, 0.05) is 35.6 Å². The molecule has 3 aromatic rings. The van der Waals surface area contributed by atoms with Crippen LogP contribution in [0.2, 0.25) is 0 Å². The smallest absolute Gasteiger partial charge is 0.545 e. The van der Waals surface area contributed by atoms with Gasteiger partial charge in [0.25, 0.3) is 11.8 Å². The van der Waals surface area contributed by atoms with Crippen LogP contribution in [-0.2, 0) is 33.6 Å². The number of esters is 2.